The average molecular weight is 448 g/mol. The van der Waals surface area contributed by atoms with Crippen LogP contribution < -0.4 is 10.6 Å². The Bertz CT molecular complexity index is 911. The van der Waals surface area contributed by atoms with Crippen molar-refractivity contribution in [1.82, 2.24) is 20.0 Å². The lowest BCUT2D eigenvalue weighted by molar-refractivity contribution is -0.115. The predicted molar refractivity (Wildman–Crippen MR) is 121 cm³/mol. The van der Waals surface area contributed by atoms with E-state index >= 15 is 0 Å². The zero-order chi connectivity index (χ0) is 22.0. The molecular weight excluding hydrogens is 417 g/mol. The van der Waals surface area contributed by atoms with E-state index in [0.717, 1.165) is 37.2 Å². The van der Waals surface area contributed by atoms with E-state index in [1.54, 1.807) is 12.3 Å². The third-order valence-corrected chi connectivity index (χ3v) is 6.82. The molecule has 1 amide bonds. The zero-order valence-electron chi connectivity index (χ0n) is 18.2. The molecule has 2 atom stereocenters. The molecule has 1 aliphatic heterocycles. The lowest BCUT2D eigenvalue weighted by Gasteiger charge is -2.32. The Hall–Kier alpha value is -1.96. The van der Waals surface area contributed by atoms with Gasteiger partial charge in [0.15, 0.2) is 0 Å². The molecule has 2 fully saturated rings. The number of likely N-dealkylation sites (tertiary alicyclic amines) is 1. The van der Waals surface area contributed by atoms with E-state index in [4.69, 9.17) is 11.6 Å². The van der Waals surface area contributed by atoms with Crippen molar-refractivity contribution < 1.29 is 9.18 Å². The number of nitrogens with one attached hydrogen (secondary N) is 2. The van der Waals surface area contributed by atoms with E-state index in [-0.39, 0.29) is 29.6 Å². The number of hydrogen-bond acceptors (Lipinski definition) is 4. The minimum atomic E-state index is -0.411. The molecule has 0 radical (unpaired) electrons. The average Bonchev–Trinajstić information content (AvgIpc) is 3.48. The maximum absolute atomic E-state index is 14.1. The highest BCUT2D eigenvalue weighted by atomic mass is 35.5. The summed E-state index contributed by atoms with van der Waals surface area (Å²) < 4.78 is 16.1. The van der Waals surface area contributed by atoms with Gasteiger partial charge in [0, 0.05) is 24.7 Å². The molecular formula is C23H31ClFN5O. The standard InChI is InChI=1S/C23H31ClFN5O/c1-15(2)29-12-10-20(23(29)16-7-8-18(24)19(25)13-16)26-14-22(31)28-21-9-11-27-30(21)17-5-3-4-6-17/h7-9,11,13,15,17,20,23,26H,3-6,10,12,14H2,1-2H3,(H,28,31)/t20-,23-/m0/s1. The first-order valence-electron chi connectivity index (χ1n) is 11.2. The quantitative estimate of drug-likeness (QED) is 0.654. The second-order valence-corrected chi connectivity index (χ2v) is 9.28. The Morgan fingerprint density at radius 1 is 1.26 bits per heavy atom. The second-order valence-electron chi connectivity index (χ2n) is 8.87. The van der Waals surface area contributed by atoms with Gasteiger partial charge in [-0.15, -0.1) is 0 Å². The zero-order valence-corrected chi connectivity index (χ0v) is 18.9. The van der Waals surface area contributed by atoms with Gasteiger partial charge in [-0.2, -0.15) is 5.10 Å². The molecule has 0 unspecified atom stereocenters. The first-order chi connectivity index (χ1) is 14.9. The molecule has 1 aliphatic carbocycles. The molecule has 1 saturated carbocycles. The molecule has 2 aliphatic rings. The molecule has 2 aromatic rings. The number of aromatic nitrogens is 2. The fraction of sp³-hybridized carbons (Fsp3) is 0.565. The minimum Gasteiger partial charge on any atom is -0.310 e. The Morgan fingerprint density at radius 3 is 2.74 bits per heavy atom. The van der Waals surface area contributed by atoms with Crippen LogP contribution in [0.25, 0.3) is 0 Å². The Kier molecular flexibility index (Phi) is 6.94. The van der Waals surface area contributed by atoms with Crippen LogP contribution in [0.3, 0.4) is 0 Å². The van der Waals surface area contributed by atoms with Crippen molar-refractivity contribution in [2.24, 2.45) is 0 Å². The van der Waals surface area contributed by atoms with Gasteiger partial charge in [-0.1, -0.05) is 30.5 Å². The normalized spacial score (nSPS) is 22.5. The highest BCUT2D eigenvalue weighted by Crippen LogP contribution is 2.35. The van der Waals surface area contributed by atoms with E-state index in [0.29, 0.717) is 12.1 Å². The van der Waals surface area contributed by atoms with Crippen LogP contribution in [0.2, 0.25) is 5.02 Å². The van der Waals surface area contributed by atoms with Gasteiger partial charge in [0.05, 0.1) is 29.8 Å². The minimum absolute atomic E-state index is 0.0106. The van der Waals surface area contributed by atoms with Crippen molar-refractivity contribution in [3.05, 3.63) is 46.9 Å². The molecule has 1 aromatic heterocycles. The highest BCUT2D eigenvalue weighted by Gasteiger charge is 2.37. The number of rotatable bonds is 7. The molecule has 6 nitrogen and oxygen atoms in total. The van der Waals surface area contributed by atoms with E-state index in [9.17, 15) is 9.18 Å². The van der Waals surface area contributed by atoms with E-state index in [1.807, 2.05) is 16.8 Å². The van der Waals surface area contributed by atoms with Crippen LogP contribution in [-0.4, -0.2) is 45.8 Å². The van der Waals surface area contributed by atoms with Gasteiger partial charge in [0.25, 0.3) is 0 Å². The van der Waals surface area contributed by atoms with Gasteiger partial charge in [0.2, 0.25) is 5.91 Å². The summed E-state index contributed by atoms with van der Waals surface area (Å²) in [5.74, 6) is 0.250. The summed E-state index contributed by atoms with van der Waals surface area (Å²) in [6.07, 6.45) is 7.26. The van der Waals surface area contributed by atoms with E-state index in [1.165, 1.54) is 18.9 Å². The molecule has 2 heterocycles. The Balaban J connectivity index is 1.41. The Labute approximate surface area is 188 Å². The summed E-state index contributed by atoms with van der Waals surface area (Å²) in [6.45, 7) is 5.36. The predicted octanol–water partition coefficient (Wildman–Crippen LogP) is 4.54. The second kappa shape index (κ2) is 9.67. The maximum atomic E-state index is 14.1. The molecule has 168 valence electrons. The molecule has 1 aromatic carbocycles. The first kappa shape index (κ1) is 22.2. The van der Waals surface area contributed by atoms with Gasteiger partial charge < -0.3 is 10.6 Å². The number of carbonyl (C=O) groups is 1. The number of halogens is 2. The monoisotopic (exact) mass is 447 g/mol. The van der Waals surface area contributed by atoms with Crippen LogP contribution in [-0.2, 0) is 4.79 Å². The molecule has 0 bridgehead atoms. The van der Waals surface area contributed by atoms with Crippen molar-refractivity contribution in [2.75, 3.05) is 18.4 Å². The summed E-state index contributed by atoms with van der Waals surface area (Å²) in [7, 11) is 0. The van der Waals surface area contributed by atoms with E-state index in [2.05, 4.69) is 34.5 Å². The molecule has 4 rings (SSSR count). The topological polar surface area (TPSA) is 62.2 Å². The van der Waals surface area contributed by atoms with Crippen LogP contribution in [0.4, 0.5) is 10.2 Å². The smallest absolute Gasteiger partial charge is 0.239 e. The van der Waals surface area contributed by atoms with Crippen LogP contribution >= 0.6 is 11.6 Å². The van der Waals surface area contributed by atoms with Crippen LogP contribution in [0.15, 0.2) is 30.5 Å². The largest absolute Gasteiger partial charge is 0.310 e. The van der Waals surface area contributed by atoms with Crippen molar-refractivity contribution in [3.8, 4) is 0 Å². The molecule has 2 N–H and O–H groups in total. The van der Waals surface area contributed by atoms with Crippen molar-refractivity contribution in [1.29, 1.82) is 0 Å². The van der Waals surface area contributed by atoms with Gasteiger partial charge in [-0.3, -0.25) is 9.69 Å². The molecule has 8 heteroatoms. The van der Waals surface area contributed by atoms with Crippen LogP contribution in [0.5, 0.6) is 0 Å². The summed E-state index contributed by atoms with van der Waals surface area (Å²) >= 11 is 5.89. The summed E-state index contributed by atoms with van der Waals surface area (Å²) in [5, 5.41) is 11.0. The SMILES string of the molecule is CC(C)N1CC[C@H](NCC(=O)Nc2ccnn2C2CCCC2)[C@@H]1c1ccc(Cl)c(F)c1. The summed E-state index contributed by atoms with van der Waals surface area (Å²) in [6, 6.07) is 7.58. The summed E-state index contributed by atoms with van der Waals surface area (Å²) in [4.78, 5) is 15.0. The Morgan fingerprint density at radius 2 is 2.03 bits per heavy atom. The van der Waals surface area contributed by atoms with E-state index < -0.39 is 5.82 Å². The van der Waals surface area contributed by atoms with Gasteiger partial charge in [-0.05, 0) is 50.8 Å². The molecule has 31 heavy (non-hydrogen) atoms. The fourth-order valence-electron chi connectivity index (χ4n) is 4.99. The number of amides is 1. The maximum Gasteiger partial charge on any atom is 0.239 e. The lowest BCUT2D eigenvalue weighted by Crippen LogP contribution is -2.41. The summed E-state index contributed by atoms with van der Waals surface area (Å²) in [5.41, 5.74) is 0.880. The number of carbonyl (C=O) groups excluding carboxylic acids is 1. The first-order valence-corrected chi connectivity index (χ1v) is 11.6. The van der Waals surface area contributed by atoms with Gasteiger partial charge in [-0.25, -0.2) is 9.07 Å². The van der Waals surface area contributed by atoms with Crippen molar-refractivity contribution in [3.63, 3.8) is 0 Å². The molecule has 0 spiro atoms. The highest BCUT2D eigenvalue weighted by molar-refractivity contribution is 6.30. The third kappa shape index (κ3) is 4.94. The van der Waals surface area contributed by atoms with Gasteiger partial charge >= 0.3 is 0 Å². The fourth-order valence-corrected chi connectivity index (χ4v) is 5.11. The molecule has 1 saturated heterocycles. The van der Waals surface area contributed by atoms with Gasteiger partial charge in [0.1, 0.15) is 11.6 Å². The van der Waals surface area contributed by atoms with Crippen LogP contribution in [0.1, 0.15) is 63.6 Å². The van der Waals surface area contributed by atoms with Crippen molar-refractivity contribution >= 4 is 23.3 Å². The van der Waals surface area contributed by atoms with Crippen molar-refractivity contribution in [2.45, 2.75) is 70.1 Å². The number of benzene rings is 1. The number of hydrogen-bond donors (Lipinski definition) is 2. The third-order valence-electron chi connectivity index (χ3n) is 6.52. The number of nitrogens with zero attached hydrogens (tertiary/aromatic N) is 3. The number of anilines is 1. The lowest BCUT2D eigenvalue weighted by atomic mass is 9.99. The van der Waals surface area contributed by atoms with Crippen LogP contribution in [0, 0.1) is 5.82 Å².